The molecule has 0 unspecified atom stereocenters. The Morgan fingerprint density at radius 1 is 1.15 bits per heavy atom. The summed E-state index contributed by atoms with van der Waals surface area (Å²) in [7, 11) is 1.44. The topological polar surface area (TPSA) is 109 Å². The van der Waals surface area contributed by atoms with E-state index in [1.807, 2.05) is 24.3 Å². The van der Waals surface area contributed by atoms with Crippen LogP contribution in [0.4, 0.5) is 11.6 Å². The molecule has 3 aromatic heterocycles. The van der Waals surface area contributed by atoms with Crippen LogP contribution in [0.1, 0.15) is 0 Å². The molecular formula is C18H19N7O2. The van der Waals surface area contributed by atoms with Crippen molar-refractivity contribution >= 4 is 11.6 Å². The van der Waals surface area contributed by atoms with E-state index in [-0.39, 0.29) is 5.56 Å². The normalized spacial score (nSPS) is 14.0. The second-order valence-electron chi connectivity index (χ2n) is 6.55. The van der Waals surface area contributed by atoms with E-state index < -0.39 is 5.69 Å². The van der Waals surface area contributed by atoms with Crippen LogP contribution in [0.2, 0.25) is 0 Å². The Labute approximate surface area is 154 Å². The molecule has 1 fully saturated rings. The molecule has 9 nitrogen and oxygen atoms in total. The molecular weight excluding hydrogens is 346 g/mol. The van der Waals surface area contributed by atoms with Crippen LogP contribution in [-0.2, 0) is 7.05 Å². The number of hydrogen-bond acceptors (Lipinski definition) is 7. The number of pyridine rings is 1. The first-order valence-electron chi connectivity index (χ1n) is 8.63. The van der Waals surface area contributed by atoms with Crippen LogP contribution in [0.25, 0.3) is 11.3 Å². The molecule has 3 aromatic rings. The summed E-state index contributed by atoms with van der Waals surface area (Å²) in [5.41, 5.74) is 1.04. The van der Waals surface area contributed by atoms with Gasteiger partial charge in [0.05, 0.1) is 5.69 Å². The SMILES string of the molecule is Cn1c(=O)cc(NCC2CN(c3ccc(-c4ccncc4)nn3)C2)[nH]c1=O. The molecule has 1 saturated heterocycles. The molecule has 0 aliphatic carbocycles. The summed E-state index contributed by atoms with van der Waals surface area (Å²) in [6.07, 6.45) is 3.46. The van der Waals surface area contributed by atoms with Crippen molar-refractivity contribution in [1.82, 2.24) is 24.7 Å². The fourth-order valence-electron chi connectivity index (χ4n) is 2.96. The van der Waals surface area contributed by atoms with Gasteiger partial charge >= 0.3 is 5.69 Å². The van der Waals surface area contributed by atoms with E-state index in [0.717, 1.165) is 34.7 Å². The predicted octanol–water partition coefficient (Wildman–Crippen LogP) is 0.474. The van der Waals surface area contributed by atoms with Crippen LogP contribution >= 0.6 is 0 Å². The summed E-state index contributed by atoms with van der Waals surface area (Å²) in [6.45, 7) is 2.35. The zero-order valence-electron chi connectivity index (χ0n) is 14.8. The van der Waals surface area contributed by atoms with Gasteiger partial charge in [-0.2, -0.15) is 0 Å². The Kier molecular flexibility index (Phi) is 4.41. The maximum absolute atomic E-state index is 11.6. The highest BCUT2D eigenvalue weighted by molar-refractivity contribution is 5.59. The monoisotopic (exact) mass is 365 g/mol. The van der Waals surface area contributed by atoms with Crippen molar-refractivity contribution in [2.24, 2.45) is 13.0 Å². The van der Waals surface area contributed by atoms with Crippen molar-refractivity contribution in [2.45, 2.75) is 0 Å². The van der Waals surface area contributed by atoms with Crippen LogP contribution < -0.4 is 21.5 Å². The summed E-state index contributed by atoms with van der Waals surface area (Å²) in [4.78, 5) is 32.0. The van der Waals surface area contributed by atoms with Gasteiger partial charge < -0.3 is 10.2 Å². The first-order valence-corrected chi connectivity index (χ1v) is 8.63. The first-order chi connectivity index (χ1) is 13.1. The minimum atomic E-state index is -0.426. The van der Waals surface area contributed by atoms with E-state index in [0.29, 0.717) is 18.3 Å². The fraction of sp³-hybridized carbons (Fsp3) is 0.278. The van der Waals surface area contributed by atoms with Gasteiger partial charge in [-0.15, -0.1) is 10.2 Å². The number of H-pyrrole nitrogens is 1. The van der Waals surface area contributed by atoms with Crippen molar-refractivity contribution in [3.05, 3.63) is 63.6 Å². The summed E-state index contributed by atoms with van der Waals surface area (Å²) in [6, 6.07) is 9.10. The molecule has 0 spiro atoms. The van der Waals surface area contributed by atoms with Gasteiger partial charge in [-0.3, -0.25) is 19.3 Å². The maximum Gasteiger partial charge on any atom is 0.329 e. The third-order valence-electron chi connectivity index (χ3n) is 4.63. The quantitative estimate of drug-likeness (QED) is 0.677. The zero-order valence-corrected chi connectivity index (χ0v) is 14.8. The lowest BCUT2D eigenvalue weighted by atomic mass is 10.0. The molecule has 0 saturated carbocycles. The number of aromatic amines is 1. The van der Waals surface area contributed by atoms with E-state index in [1.54, 1.807) is 12.4 Å². The molecule has 1 aliphatic heterocycles. The number of aromatic nitrogens is 5. The smallest absolute Gasteiger partial charge is 0.329 e. The Hall–Kier alpha value is -3.49. The zero-order chi connectivity index (χ0) is 18.8. The van der Waals surface area contributed by atoms with Crippen LogP contribution in [0.15, 0.2) is 52.3 Å². The largest absolute Gasteiger partial charge is 0.371 e. The van der Waals surface area contributed by atoms with Crippen molar-refractivity contribution in [1.29, 1.82) is 0 Å². The highest BCUT2D eigenvalue weighted by Gasteiger charge is 2.27. The summed E-state index contributed by atoms with van der Waals surface area (Å²) < 4.78 is 1.03. The van der Waals surface area contributed by atoms with Gasteiger partial charge in [0.1, 0.15) is 5.82 Å². The summed E-state index contributed by atoms with van der Waals surface area (Å²) in [5.74, 6) is 1.69. The van der Waals surface area contributed by atoms with Gasteiger partial charge in [-0.1, -0.05) is 0 Å². The Morgan fingerprint density at radius 2 is 1.93 bits per heavy atom. The lowest BCUT2D eigenvalue weighted by molar-refractivity contribution is 0.425. The van der Waals surface area contributed by atoms with Gasteiger partial charge in [0.15, 0.2) is 5.82 Å². The molecule has 0 radical (unpaired) electrons. The van der Waals surface area contributed by atoms with E-state index in [1.165, 1.54) is 13.1 Å². The van der Waals surface area contributed by atoms with Crippen molar-refractivity contribution in [2.75, 3.05) is 29.9 Å². The van der Waals surface area contributed by atoms with Gasteiger partial charge in [0.2, 0.25) is 0 Å². The van der Waals surface area contributed by atoms with E-state index in [4.69, 9.17) is 0 Å². The fourth-order valence-corrected chi connectivity index (χ4v) is 2.96. The minimum Gasteiger partial charge on any atom is -0.371 e. The number of anilines is 2. The van der Waals surface area contributed by atoms with Crippen molar-refractivity contribution in [3.8, 4) is 11.3 Å². The molecule has 0 aromatic carbocycles. The summed E-state index contributed by atoms with van der Waals surface area (Å²) >= 11 is 0. The van der Waals surface area contributed by atoms with Gasteiger partial charge in [0, 0.05) is 56.6 Å². The third kappa shape index (κ3) is 3.57. The highest BCUT2D eigenvalue weighted by Crippen LogP contribution is 2.24. The predicted molar refractivity (Wildman–Crippen MR) is 102 cm³/mol. The molecule has 2 N–H and O–H groups in total. The van der Waals surface area contributed by atoms with E-state index in [2.05, 4.69) is 30.4 Å². The molecule has 9 heteroatoms. The summed E-state index contributed by atoms with van der Waals surface area (Å²) in [5, 5.41) is 11.7. The maximum atomic E-state index is 11.6. The Morgan fingerprint density at radius 3 is 2.59 bits per heavy atom. The molecule has 0 amide bonds. The first kappa shape index (κ1) is 17.0. The standard InChI is InChI=1S/C18H19N7O2/c1-24-17(26)8-15(21-18(24)27)20-9-12-10-25(11-12)16-3-2-14(22-23-16)13-4-6-19-7-5-13/h2-8,12,20H,9-11H2,1H3,(H,21,27). The average molecular weight is 365 g/mol. The number of nitrogens with one attached hydrogen (secondary N) is 2. The van der Waals surface area contributed by atoms with Crippen LogP contribution in [-0.4, -0.2) is 44.4 Å². The van der Waals surface area contributed by atoms with E-state index >= 15 is 0 Å². The second kappa shape index (κ2) is 7.02. The molecule has 27 heavy (non-hydrogen) atoms. The molecule has 0 bridgehead atoms. The lowest BCUT2D eigenvalue weighted by Gasteiger charge is -2.40. The molecule has 4 heterocycles. The molecule has 1 aliphatic rings. The average Bonchev–Trinajstić information content (AvgIpc) is 2.66. The second-order valence-corrected chi connectivity index (χ2v) is 6.55. The number of nitrogens with zero attached hydrogens (tertiary/aromatic N) is 5. The number of hydrogen-bond donors (Lipinski definition) is 2. The van der Waals surface area contributed by atoms with Crippen molar-refractivity contribution < 1.29 is 0 Å². The molecule has 4 rings (SSSR count). The molecule has 0 atom stereocenters. The van der Waals surface area contributed by atoms with Crippen LogP contribution in [0, 0.1) is 5.92 Å². The van der Waals surface area contributed by atoms with Crippen LogP contribution in [0.3, 0.4) is 0 Å². The van der Waals surface area contributed by atoms with Gasteiger partial charge in [-0.05, 0) is 24.3 Å². The molecule has 138 valence electrons. The Balaban J connectivity index is 1.32. The highest BCUT2D eigenvalue weighted by atomic mass is 16.2. The van der Waals surface area contributed by atoms with Gasteiger partial charge in [0.25, 0.3) is 5.56 Å². The van der Waals surface area contributed by atoms with Gasteiger partial charge in [-0.25, -0.2) is 4.79 Å². The van der Waals surface area contributed by atoms with E-state index in [9.17, 15) is 9.59 Å². The number of rotatable bonds is 5. The lowest BCUT2D eigenvalue weighted by Crippen LogP contribution is -2.50. The Bertz CT molecular complexity index is 1010. The minimum absolute atomic E-state index is 0.332. The van der Waals surface area contributed by atoms with Crippen LogP contribution in [0.5, 0.6) is 0 Å². The van der Waals surface area contributed by atoms with Crippen molar-refractivity contribution in [3.63, 3.8) is 0 Å². The third-order valence-corrected chi connectivity index (χ3v) is 4.63.